The van der Waals surface area contributed by atoms with Gasteiger partial charge < -0.3 is 20.9 Å². The predicted octanol–water partition coefficient (Wildman–Crippen LogP) is 0.828. The molecule has 0 aliphatic rings. The molecule has 0 aromatic heterocycles. The molecule has 5 nitrogen and oxygen atoms in total. The van der Waals surface area contributed by atoms with E-state index in [1.54, 1.807) is 19.1 Å². The van der Waals surface area contributed by atoms with E-state index in [0.29, 0.717) is 6.54 Å². The number of nitrogens with one attached hydrogen (secondary N) is 1. The second kappa shape index (κ2) is 5.21. The van der Waals surface area contributed by atoms with Crippen molar-refractivity contribution < 1.29 is 14.6 Å². The normalized spacial score (nSPS) is 11.9. The maximum absolute atomic E-state index is 11.2. The Bertz CT molecular complexity index is 339. The third kappa shape index (κ3) is 4.33. The molecule has 82 valence electrons. The second-order valence-electron chi connectivity index (χ2n) is 3.25. The molecule has 0 heterocycles. The van der Waals surface area contributed by atoms with E-state index in [9.17, 15) is 4.79 Å². The van der Waals surface area contributed by atoms with E-state index in [0.717, 1.165) is 0 Å². The molecule has 1 atom stereocenters. The van der Waals surface area contributed by atoms with E-state index >= 15 is 0 Å². The van der Waals surface area contributed by atoms with E-state index in [1.807, 2.05) is 0 Å². The molecule has 0 aliphatic heterocycles. The van der Waals surface area contributed by atoms with Gasteiger partial charge in [-0.25, -0.2) is 4.79 Å². The molecule has 4 N–H and O–H groups in total. The summed E-state index contributed by atoms with van der Waals surface area (Å²) in [6.07, 6.45) is -0.585. The summed E-state index contributed by atoms with van der Waals surface area (Å²) in [6.45, 7) is 2.12. The Balaban J connectivity index is 2.44. The van der Waals surface area contributed by atoms with Crippen LogP contribution < -0.4 is 15.8 Å². The average molecular weight is 210 g/mol. The third-order valence-electron chi connectivity index (χ3n) is 1.60. The van der Waals surface area contributed by atoms with Gasteiger partial charge in [-0.2, -0.15) is 0 Å². The number of carbonyl (C=O) groups excluding carboxylic acids is 1. The number of phenolic OH excluding ortho intramolecular Hbond substituents is 1. The average Bonchev–Trinajstić information content (AvgIpc) is 2.15. The number of aromatic hydroxyl groups is 1. The van der Waals surface area contributed by atoms with Gasteiger partial charge >= 0.3 is 6.09 Å². The minimum atomic E-state index is -0.585. The van der Waals surface area contributed by atoms with Crippen LogP contribution in [0.2, 0.25) is 0 Å². The highest BCUT2D eigenvalue weighted by atomic mass is 16.6. The van der Waals surface area contributed by atoms with Gasteiger partial charge in [-0.3, -0.25) is 0 Å². The Hall–Kier alpha value is -1.75. The van der Waals surface area contributed by atoms with Crippen LogP contribution in [0.3, 0.4) is 0 Å². The number of hydrogen-bond acceptors (Lipinski definition) is 4. The Morgan fingerprint density at radius 1 is 1.67 bits per heavy atom. The number of benzene rings is 1. The molecule has 1 rings (SSSR count). The van der Waals surface area contributed by atoms with Gasteiger partial charge in [0.15, 0.2) is 0 Å². The van der Waals surface area contributed by atoms with Crippen molar-refractivity contribution in [1.82, 2.24) is 5.32 Å². The molecule has 0 spiro atoms. The Morgan fingerprint density at radius 2 is 2.40 bits per heavy atom. The van der Waals surface area contributed by atoms with Crippen molar-refractivity contribution in [2.24, 2.45) is 5.73 Å². The summed E-state index contributed by atoms with van der Waals surface area (Å²) < 4.78 is 4.88. The molecule has 0 bridgehead atoms. The maximum Gasteiger partial charge on any atom is 0.412 e. The SMILES string of the molecule is CC(N)CNC(=O)Oc1cccc(O)c1. The molecule has 0 saturated heterocycles. The lowest BCUT2D eigenvalue weighted by Crippen LogP contribution is -2.36. The van der Waals surface area contributed by atoms with Gasteiger partial charge in [-0.1, -0.05) is 6.07 Å². The summed E-state index contributed by atoms with van der Waals surface area (Å²) in [6, 6.07) is 5.88. The van der Waals surface area contributed by atoms with E-state index in [1.165, 1.54) is 12.1 Å². The van der Waals surface area contributed by atoms with Crippen LogP contribution in [-0.4, -0.2) is 23.8 Å². The quantitative estimate of drug-likeness (QED) is 0.689. The van der Waals surface area contributed by atoms with E-state index in [4.69, 9.17) is 15.6 Å². The summed E-state index contributed by atoms with van der Waals surface area (Å²) in [7, 11) is 0. The predicted molar refractivity (Wildman–Crippen MR) is 55.8 cm³/mol. The molecule has 1 aromatic rings. The first kappa shape index (κ1) is 11.3. The summed E-state index contributed by atoms with van der Waals surface area (Å²) in [5, 5.41) is 11.6. The molecule has 15 heavy (non-hydrogen) atoms. The highest BCUT2D eigenvalue weighted by molar-refractivity contribution is 5.70. The number of ether oxygens (including phenoxy) is 1. The second-order valence-corrected chi connectivity index (χ2v) is 3.25. The van der Waals surface area contributed by atoms with Crippen LogP contribution in [0.15, 0.2) is 24.3 Å². The lowest BCUT2D eigenvalue weighted by atomic mass is 10.3. The smallest absolute Gasteiger partial charge is 0.412 e. The van der Waals surface area contributed by atoms with Gasteiger partial charge in [0.25, 0.3) is 0 Å². The maximum atomic E-state index is 11.2. The monoisotopic (exact) mass is 210 g/mol. The van der Waals surface area contributed by atoms with Crippen LogP contribution in [0.25, 0.3) is 0 Å². The van der Waals surface area contributed by atoms with E-state index in [2.05, 4.69) is 5.32 Å². The first-order valence-corrected chi connectivity index (χ1v) is 4.58. The van der Waals surface area contributed by atoms with Crippen LogP contribution in [-0.2, 0) is 0 Å². The van der Waals surface area contributed by atoms with E-state index < -0.39 is 6.09 Å². The van der Waals surface area contributed by atoms with Crippen LogP contribution in [0, 0.1) is 0 Å². The molecular formula is C10H14N2O3. The lowest BCUT2D eigenvalue weighted by Gasteiger charge is -2.08. The van der Waals surface area contributed by atoms with Gasteiger partial charge in [0.05, 0.1) is 0 Å². The van der Waals surface area contributed by atoms with Crippen molar-refractivity contribution in [2.45, 2.75) is 13.0 Å². The number of amides is 1. The number of nitrogens with two attached hydrogens (primary N) is 1. The van der Waals surface area contributed by atoms with Gasteiger partial charge in [0, 0.05) is 18.7 Å². The molecule has 0 fully saturated rings. The first-order valence-electron chi connectivity index (χ1n) is 4.58. The Labute approximate surface area is 87.9 Å². The Kier molecular flexibility index (Phi) is 3.93. The zero-order valence-corrected chi connectivity index (χ0v) is 8.43. The summed E-state index contributed by atoms with van der Waals surface area (Å²) in [4.78, 5) is 11.2. The highest BCUT2D eigenvalue weighted by Crippen LogP contribution is 2.17. The third-order valence-corrected chi connectivity index (χ3v) is 1.60. The number of phenols is 1. The topological polar surface area (TPSA) is 84.6 Å². The van der Waals surface area contributed by atoms with Crippen LogP contribution >= 0.6 is 0 Å². The zero-order chi connectivity index (χ0) is 11.3. The fourth-order valence-electron chi connectivity index (χ4n) is 0.934. The molecule has 5 heteroatoms. The van der Waals surface area contributed by atoms with Gasteiger partial charge in [0.2, 0.25) is 0 Å². The minimum absolute atomic E-state index is 0.0486. The minimum Gasteiger partial charge on any atom is -0.508 e. The molecule has 0 aliphatic carbocycles. The first-order chi connectivity index (χ1) is 7.08. The van der Waals surface area contributed by atoms with Crippen molar-refractivity contribution >= 4 is 6.09 Å². The summed E-state index contributed by atoms with van der Waals surface area (Å²) in [5.41, 5.74) is 5.45. The molecule has 1 aromatic carbocycles. The molecular weight excluding hydrogens is 196 g/mol. The number of hydrogen-bond donors (Lipinski definition) is 3. The number of carbonyl (C=O) groups is 1. The summed E-state index contributed by atoms with van der Waals surface area (Å²) >= 11 is 0. The van der Waals surface area contributed by atoms with Gasteiger partial charge in [0.1, 0.15) is 11.5 Å². The molecule has 1 amide bonds. The van der Waals surface area contributed by atoms with Crippen molar-refractivity contribution in [3.63, 3.8) is 0 Å². The van der Waals surface area contributed by atoms with Crippen molar-refractivity contribution in [3.05, 3.63) is 24.3 Å². The van der Waals surface area contributed by atoms with Crippen molar-refractivity contribution in [1.29, 1.82) is 0 Å². The Morgan fingerprint density at radius 3 is 3.00 bits per heavy atom. The molecule has 1 unspecified atom stereocenters. The van der Waals surface area contributed by atoms with Gasteiger partial charge in [-0.05, 0) is 19.1 Å². The number of rotatable bonds is 3. The highest BCUT2D eigenvalue weighted by Gasteiger charge is 2.04. The van der Waals surface area contributed by atoms with E-state index in [-0.39, 0.29) is 17.5 Å². The lowest BCUT2D eigenvalue weighted by molar-refractivity contribution is 0.200. The fourth-order valence-corrected chi connectivity index (χ4v) is 0.934. The van der Waals surface area contributed by atoms with Crippen LogP contribution in [0.1, 0.15) is 6.92 Å². The van der Waals surface area contributed by atoms with Crippen LogP contribution in [0.4, 0.5) is 4.79 Å². The van der Waals surface area contributed by atoms with Crippen LogP contribution in [0.5, 0.6) is 11.5 Å². The largest absolute Gasteiger partial charge is 0.508 e. The zero-order valence-electron chi connectivity index (χ0n) is 8.43. The summed E-state index contributed by atoms with van der Waals surface area (Å²) in [5.74, 6) is 0.338. The fraction of sp³-hybridized carbons (Fsp3) is 0.300. The standard InChI is InChI=1S/C10H14N2O3/c1-7(11)6-12-10(14)15-9-4-2-3-8(13)5-9/h2-5,7,13H,6,11H2,1H3,(H,12,14). The molecule has 0 radical (unpaired) electrons. The van der Waals surface area contributed by atoms with Crippen molar-refractivity contribution in [3.8, 4) is 11.5 Å². The molecule has 0 saturated carbocycles. The van der Waals surface area contributed by atoms with Gasteiger partial charge in [-0.15, -0.1) is 0 Å². The van der Waals surface area contributed by atoms with Crippen molar-refractivity contribution in [2.75, 3.05) is 6.54 Å².